The van der Waals surface area contributed by atoms with Crippen LogP contribution in [0.5, 0.6) is 0 Å². The molecule has 1 N–H and O–H groups in total. The van der Waals surface area contributed by atoms with Gasteiger partial charge in [-0.1, -0.05) is 91.5 Å². The summed E-state index contributed by atoms with van der Waals surface area (Å²) in [6.07, 6.45) is 12.6. The number of nitrogens with zero attached hydrogens (tertiary/aromatic N) is 2. The van der Waals surface area contributed by atoms with Crippen LogP contribution in [0.1, 0.15) is 105 Å². The van der Waals surface area contributed by atoms with Crippen molar-refractivity contribution in [2.45, 2.75) is 106 Å². The van der Waals surface area contributed by atoms with Crippen LogP contribution in [0.2, 0.25) is 0 Å². The molecule has 2 heterocycles. The van der Waals surface area contributed by atoms with Gasteiger partial charge in [-0.05, 0) is 78.3 Å². The second kappa shape index (κ2) is 15.2. The normalized spacial score (nSPS) is 13.2. The molecule has 2 aromatic carbocycles. The zero-order chi connectivity index (χ0) is 33.0. The van der Waals surface area contributed by atoms with Crippen LogP contribution in [0.4, 0.5) is 0 Å². The Bertz CT molecular complexity index is 1690. The summed E-state index contributed by atoms with van der Waals surface area (Å²) in [7, 11) is 0. The van der Waals surface area contributed by atoms with Crippen molar-refractivity contribution in [3.63, 3.8) is 0 Å². The topological polar surface area (TPSA) is 63.1 Å². The number of fused-ring (bicyclic) bond motifs is 4. The van der Waals surface area contributed by atoms with Crippen LogP contribution in [0.25, 0.3) is 33.2 Å². The third kappa shape index (κ3) is 7.69. The Labute approximate surface area is 290 Å². The van der Waals surface area contributed by atoms with Crippen LogP contribution in [-0.4, -0.2) is 20.9 Å². The first-order chi connectivity index (χ1) is 21.3. The smallest absolute Gasteiger partial charge is 0.164 e. The third-order valence-corrected chi connectivity index (χ3v) is 10.3. The molecule has 4 nitrogen and oxygen atoms in total. The molecule has 1 radical (unpaired) electrons. The maximum Gasteiger partial charge on any atom is 0.164 e. The molecule has 0 saturated carbocycles. The summed E-state index contributed by atoms with van der Waals surface area (Å²) in [6, 6.07) is 18.8. The Hall–Kier alpha value is -3.14. The molecule has 0 spiro atoms. The van der Waals surface area contributed by atoms with Gasteiger partial charge in [0.05, 0.1) is 0 Å². The Morgan fingerprint density at radius 3 is 2.13 bits per heavy atom. The fourth-order valence-electron chi connectivity index (χ4n) is 6.04. The summed E-state index contributed by atoms with van der Waals surface area (Å²) in [5, 5.41) is 12.6. The maximum atomic E-state index is 12.2. The number of aromatic nitrogens is 2. The minimum absolute atomic E-state index is 0. The second-order valence-electron chi connectivity index (χ2n) is 14.0. The number of hydrogen-bond acceptors (Lipinski definition) is 4. The first kappa shape index (κ1) is 37.3. The van der Waals surface area contributed by atoms with Crippen molar-refractivity contribution in [2.75, 3.05) is 0 Å². The molecule has 2 aromatic heterocycles. The molecule has 0 bridgehead atoms. The van der Waals surface area contributed by atoms with Gasteiger partial charge in [0, 0.05) is 61.3 Å². The molecule has 0 unspecified atom stereocenters. The van der Waals surface area contributed by atoms with Crippen molar-refractivity contribution >= 4 is 16.6 Å². The van der Waals surface area contributed by atoms with Crippen molar-refractivity contribution in [3.05, 3.63) is 95.6 Å². The number of carbonyl (C=O) groups excluding carboxylic acids is 1. The molecule has 0 saturated heterocycles. The van der Waals surface area contributed by atoms with Gasteiger partial charge in [0.2, 0.25) is 0 Å². The molecule has 4 aromatic rings. The van der Waals surface area contributed by atoms with Gasteiger partial charge in [-0.15, -0.1) is 29.1 Å². The van der Waals surface area contributed by atoms with E-state index in [2.05, 4.69) is 74.3 Å². The van der Waals surface area contributed by atoms with Gasteiger partial charge in [0.1, 0.15) is 5.76 Å². The quantitative estimate of drug-likeness (QED) is 0.110. The first-order valence-corrected chi connectivity index (χ1v) is 16.6. The van der Waals surface area contributed by atoms with E-state index in [0.717, 1.165) is 55.2 Å². The molecule has 0 fully saturated rings. The number of ketones is 1. The van der Waals surface area contributed by atoms with E-state index in [4.69, 9.17) is 4.98 Å². The Balaban J connectivity index is 0.000000280. The molecule has 247 valence electrons. The molecule has 46 heavy (non-hydrogen) atoms. The largest absolute Gasteiger partial charge is 0.512 e. The van der Waals surface area contributed by atoms with Crippen molar-refractivity contribution in [2.24, 2.45) is 10.8 Å². The summed E-state index contributed by atoms with van der Waals surface area (Å²) < 4.78 is 0. The number of carbonyl (C=O) groups is 1. The average Bonchev–Trinajstić information content (AvgIpc) is 3.06. The summed E-state index contributed by atoms with van der Waals surface area (Å²) in [6.45, 7) is 18.9. The summed E-state index contributed by atoms with van der Waals surface area (Å²) in [5.74, 6) is 0.286. The number of aliphatic hydroxyl groups is 1. The van der Waals surface area contributed by atoms with Gasteiger partial charge in [-0.2, -0.15) is 0 Å². The molecular weight excluding hydrogens is 745 g/mol. The molecule has 1 aliphatic rings. The predicted molar refractivity (Wildman–Crippen MR) is 188 cm³/mol. The van der Waals surface area contributed by atoms with Crippen molar-refractivity contribution in [1.29, 1.82) is 0 Å². The van der Waals surface area contributed by atoms with Gasteiger partial charge < -0.3 is 5.11 Å². The standard InChI is InChI=1S/C26H23N2.C15H28O2.Ir/c1-26(2,3)24-15-19(14-17-6-4-5-7-21(17)24)25-23-9-8-18-16-27-12-10-20(18)22(23)11-13-28-25;1-7-14(5,8-2)12(16)11-13(17)15(6,9-3)10-4;/h4-7,10-13,15-16H,8-9H2,1-3H3;11,16H,7-10H2,1-6H3;/q-1;;/b;12-11-;. The number of aryl methyl sites for hydroxylation is 1. The van der Waals surface area contributed by atoms with Crippen LogP contribution < -0.4 is 0 Å². The summed E-state index contributed by atoms with van der Waals surface area (Å²) >= 11 is 0. The fourth-order valence-corrected chi connectivity index (χ4v) is 6.04. The SMILES string of the molecule is CC(C)(C)c1cc(-c2nccc3c2CCc2cnccc2-3)[c-]c2ccccc12.CCC(C)(CC)C(=O)/C=C(\O)C(C)(CC)CC.[Ir]. The summed E-state index contributed by atoms with van der Waals surface area (Å²) in [4.78, 5) is 21.3. The minimum atomic E-state index is -0.337. The number of hydrogen-bond donors (Lipinski definition) is 1. The predicted octanol–water partition coefficient (Wildman–Crippen LogP) is 10.8. The van der Waals surface area contributed by atoms with E-state index in [-0.39, 0.29) is 47.9 Å². The van der Waals surface area contributed by atoms with Crippen LogP contribution in [0.15, 0.2) is 72.9 Å². The van der Waals surface area contributed by atoms with Crippen LogP contribution in [0.3, 0.4) is 0 Å². The third-order valence-electron chi connectivity index (χ3n) is 10.3. The van der Waals surface area contributed by atoms with Crippen LogP contribution in [0, 0.1) is 16.9 Å². The van der Waals surface area contributed by atoms with E-state index in [1.54, 1.807) is 0 Å². The zero-order valence-electron chi connectivity index (χ0n) is 29.2. The first-order valence-electron chi connectivity index (χ1n) is 16.6. The number of benzene rings is 2. The zero-order valence-corrected chi connectivity index (χ0v) is 31.6. The molecular formula is C41H51IrN2O2-. The van der Waals surface area contributed by atoms with E-state index < -0.39 is 0 Å². The molecule has 0 atom stereocenters. The van der Waals surface area contributed by atoms with E-state index in [1.807, 2.05) is 60.1 Å². The Morgan fingerprint density at radius 2 is 1.50 bits per heavy atom. The molecule has 5 heteroatoms. The van der Waals surface area contributed by atoms with E-state index in [0.29, 0.717) is 0 Å². The van der Waals surface area contributed by atoms with Crippen molar-refractivity contribution in [1.82, 2.24) is 9.97 Å². The molecule has 5 rings (SSSR count). The van der Waals surface area contributed by atoms with Crippen LogP contribution in [-0.2, 0) is 43.2 Å². The minimum Gasteiger partial charge on any atom is -0.512 e. The van der Waals surface area contributed by atoms with Gasteiger partial charge in [0.25, 0.3) is 0 Å². The Morgan fingerprint density at radius 1 is 0.870 bits per heavy atom. The Kier molecular flexibility index (Phi) is 12.3. The number of aliphatic hydroxyl groups excluding tert-OH is 1. The second-order valence-corrected chi connectivity index (χ2v) is 14.0. The van der Waals surface area contributed by atoms with Gasteiger partial charge in [0.15, 0.2) is 5.78 Å². The molecule has 0 amide bonds. The van der Waals surface area contributed by atoms with E-state index in [1.165, 1.54) is 39.3 Å². The number of pyridine rings is 2. The number of allylic oxidation sites excluding steroid dienone is 2. The van der Waals surface area contributed by atoms with E-state index in [9.17, 15) is 9.90 Å². The number of rotatable bonds is 8. The van der Waals surface area contributed by atoms with Gasteiger partial charge >= 0.3 is 0 Å². The van der Waals surface area contributed by atoms with E-state index >= 15 is 0 Å². The summed E-state index contributed by atoms with van der Waals surface area (Å²) in [5.41, 5.74) is 8.18. The van der Waals surface area contributed by atoms with Gasteiger partial charge in [-0.25, -0.2) is 0 Å². The molecule has 0 aliphatic heterocycles. The molecule has 1 aliphatic carbocycles. The monoisotopic (exact) mass is 796 g/mol. The fraction of sp³-hybridized carbons (Fsp3) is 0.439. The van der Waals surface area contributed by atoms with Crippen molar-refractivity contribution < 1.29 is 30.0 Å². The van der Waals surface area contributed by atoms with Crippen LogP contribution >= 0.6 is 0 Å². The maximum absolute atomic E-state index is 12.2. The average molecular weight is 796 g/mol. The van der Waals surface area contributed by atoms with Crippen molar-refractivity contribution in [3.8, 4) is 22.4 Å². The van der Waals surface area contributed by atoms with Gasteiger partial charge in [-0.3, -0.25) is 14.8 Å².